The molecule has 0 bridgehead atoms. The number of thiophene rings is 1. The molecule has 1 amide bonds. The minimum atomic E-state index is -0.180. The quantitative estimate of drug-likeness (QED) is 0.604. The lowest BCUT2D eigenvalue weighted by atomic mass is 10.1. The van der Waals surface area contributed by atoms with Crippen molar-refractivity contribution in [3.63, 3.8) is 0 Å². The number of ether oxygens (including phenoxy) is 2. The van der Waals surface area contributed by atoms with Crippen LogP contribution in [-0.4, -0.2) is 31.3 Å². The zero-order valence-electron chi connectivity index (χ0n) is 16.3. The second-order valence-electron chi connectivity index (χ2n) is 6.57. The Morgan fingerprint density at radius 3 is 2.86 bits per heavy atom. The smallest absolute Gasteiger partial charge is 0.259 e. The van der Waals surface area contributed by atoms with E-state index >= 15 is 0 Å². The molecule has 0 spiro atoms. The van der Waals surface area contributed by atoms with Crippen LogP contribution in [0, 0.1) is 0 Å². The number of carbonyl (C=O) groups is 1. The summed E-state index contributed by atoms with van der Waals surface area (Å²) < 4.78 is 10.6. The Bertz CT molecular complexity index is 1060. The average Bonchev–Trinajstić information content (AvgIpc) is 3.34. The number of rotatable bonds is 6. The number of carbonyl (C=O) groups excluding carboxylic acids is 1. The van der Waals surface area contributed by atoms with Crippen LogP contribution in [-0.2, 0) is 12.8 Å². The van der Waals surface area contributed by atoms with Crippen LogP contribution in [0.2, 0.25) is 0 Å². The van der Waals surface area contributed by atoms with Crippen molar-refractivity contribution in [2.24, 2.45) is 4.99 Å². The topological polar surface area (TPSA) is 72.8 Å². The molecule has 3 aromatic rings. The second-order valence-corrected chi connectivity index (χ2v) is 7.65. The van der Waals surface area contributed by atoms with E-state index < -0.39 is 0 Å². The molecule has 6 nitrogen and oxygen atoms in total. The number of anilines is 1. The molecular weight excluding hydrogens is 386 g/mol. The molecule has 0 saturated heterocycles. The van der Waals surface area contributed by atoms with Crippen molar-refractivity contribution in [2.75, 3.05) is 19.5 Å². The molecule has 7 heteroatoms. The summed E-state index contributed by atoms with van der Waals surface area (Å²) in [5.41, 5.74) is 3.10. The number of nitrogens with zero attached hydrogens (tertiary/aromatic N) is 2. The third kappa shape index (κ3) is 4.00. The van der Waals surface area contributed by atoms with Crippen LogP contribution in [0.25, 0.3) is 0 Å². The number of amides is 1. The van der Waals surface area contributed by atoms with Gasteiger partial charge < -0.3 is 14.8 Å². The number of benzene rings is 1. The lowest BCUT2D eigenvalue weighted by molar-refractivity contribution is 0.102. The van der Waals surface area contributed by atoms with Crippen LogP contribution < -0.4 is 14.8 Å². The fraction of sp³-hybridized carbons (Fsp3) is 0.227. The van der Waals surface area contributed by atoms with E-state index in [1.807, 2.05) is 18.2 Å². The zero-order valence-corrected chi connectivity index (χ0v) is 17.1. The predicted octanol–water partition coefficient (Wildman–Crippen LogP) is 4.65. The van der Waals surface area contributed by atoms with Crippen molar-refractivity contribution < 1.29 is 14.3 Å². The second kappa shape index (κ2) is 8.45. The Labute approximate surface area is 173 Å². The van der Waals surface area contributed by atoms with E-state index in [1.54, 1.807) is 56.2 Å². The Kier molecular flexibility index (Phi) is 5.57. The highest BCUT2D eigenvalue weighted by molar-refractivity contribution is 7.16. The molecule has 148 valence electrons. The zero-order chi connectivity index (χ0) is 20.2. The SMILES string of the molecule is COc1ccc(NC(=O)c2c(/N=C/c3ccccn3)sc3c2CCC3)c(OC)c1. The molecule has 1 N–H and O–H groups in total. The number of nitrogens with one attached hydrogen (secondary N) is 1. The van der Waals surface area contributed by atoms with Gasteiger partial charge in [0.25, 0.3) is 5.91 Å². The molecule has 0 aliphatic heterocycles. The maximum absolute atomic E-state index is 13.2. The number of aliphatic imine (C=N–C) groups is 1. The standard InChI is InChI=1S/C22H21N3O3S/c1-27-15-9-10-17(18(12-15)28-2)25-21(26)20-16-7-5-8-19(16)29-22(20)24-13-14-6-3-4-11-23-14/h3-4,6,9-13H,5,7-8H2,1-2H3,(H,25,26)/b24-13+. The first-order chi connectivity index (χ1) is 14.2. The van der Waals surface area contributed by atoms with Crippen molar-refractivity contribution in [1.29, 1.82) is 0 Å². The summed E-state index contributed by atoms with van der Waals surface area (Å²) in [6.45, 7) is 0. The van der Waals surface area contributed by atoms with E-state index in [-0.39, 0.29) is 5.91 Å². The van der Waals surface area contributed by atoms with Gasteiger partial charge in [0.2, 0.25) is 0 Å². The summed E-state index contributed by atoms with van der Waals surface area (Å²) in [7, 11) is 3.16. The third-order valence-corrected chi connectivity index (χ3v) is 5.99. The van der Waals surface area contributed by atoms with Crippen LogP contribution in [0.5, 0.6) is 11.5 Å². The summed E-state index contributed by atoms with van der Waals surface area (Å²) in [4.78, 5) is 23.3. The summed E-state index contributed by atoms with van der Waals surface area (Å²) in [6.07, 6.45) is 6.38. The van der Waals surface area contributed by atoms with Crippen LogP contribution in [0.4, 0.5) is 10.7 Å². The van der Waals surface area contributed by atoms with Gasteiger partial charge in [-0.2, -0.15) is 0 Å². The van der Waals surface area contributed by atoms with E-state index in [2.05, 4.69) is 15.3 Å². The van der Waals surface area contributed by atoms with Crippen molar-refractivity contribution in [3.8, 4) is 11.5 Å². The molecule has 29 heavy (non-hydrogen) atoms. The van der Waals surface area contributed by atoms with Gasteiger partial charge >= 0.3 is 0 Å². The summed E-state index contributed by atoms with van der Waals surface area (Å²) in [5.74, 6) is 1.03. The van der Waals surface area contributed by atoms with Gasteiger partial charge in [-0.05, 0) is 49.1 Å². The molecule has 2 aromatic heterocycles. The first kappa shape index (κ1) is 19.1. The van der Waals surface area contributed by atoms with Crippen LogP contribution in [0.15, 0.2) is 47.6 Å². The van der Waals surface area contributed by atoms with Gasteiger partial charge in [-0.15, -0.1) is 11.3 Å². The number of hydrogen-bond acceptors (Lipinski definition) is 6. The van der Waals surface area contributed by atoms with Crippen LogP contribution >= 0.6 is 11.3 Å². The third-order valence-electron chi connectivity index (χ3n) is 4.79. The lowest BCUT2D eigenvalue weighted by Gasteiger charge is -2.12. The molecule has 0 radical (unpaired) electrons. The van der Waals surface area contributed by atoms with E-state index in [4.69, 9.17) is 9.47 Å². The number of aryl methyl sites for hydroxylation is 1. The van der Waals surface area contributed by atoms with E-state index in [1.165, 1.54) is 4.88 Å². The lowest BCUT2D eigenvalue weighted by Crippen LogP contribution is -2.14. The molecule has 2 heterocycles. The number of aromatic nitrogens is 1. The molecule has 1 aromatic carbocycles. The minimum Gasteiger partial charge on any atom is -0.497 e. The number of hydrogen-bond donors (Lipinski definition) is 1. The van der Waals surface area contributed by atoms with Gasteiger partial charge in [0, 0.05) is 17.1 Å². The first-order valence-electron chi connectivity index (χ1n) is 9.32. The van der Waals surface area contributed by atoms with Gasteiger partial charge in [-0.3, -0.25) is 9.78 Å². The Morgan fingerprint density at radius 2 is 2.10 bits per heavy atom. The highest BCUT2D eigenvalue weighted by atomic mass is 32.1. The van der Waals surface area contributed by atoms with Gasteiger partial charge in [-0.25, -0.2) is 4.99 Å². The molecule has 4 rings (SSSR count). The molecular formula is C22H21N3O3S. The fourth-order valence-electron chi connectivity index (χ4n) is 3.38. The van der Waals surface area contributed by atoms with E-state index in [9.17, 15) is 4.79 Å². The van der Waals surface area contributed by atoms with Crippen molar-refractivity contribution in [1.82, 2.24) is 4.98 Å². The summed E-state index contributed by atoms with van der Waals surface area (Å²) >= 11 is 1.59. The maximum Gasteiger partial charge on any atom is 0.259 e. The van der Waals surface area contributed by atoms with Gasteiger partial charge in [0.1, 0.15) is 16.5 Å². The number of pyridine rings is 1. The van der Waals surface area contributed by atoms with Crippen LogP contribution in [0.1, 0.15) is 32.9 Å². The minimum absolute atomic E-state index is 0.180. The summed E-state index contributed by atoms with van der Waals surface area (Å²) in [6, 6.07) is 11.0. The largest absolute Gasteiger partial charge is 0.497 e. The maximum atomic E-state index is 13.2. The highest BCUT2D eigenvalue weighted by Gasteiger charge is 2.27. The number of methoxy groups -OCH3 is 2. The summed E-state index contributed by atoms with van der Waals surface area (Å²) in [5, 5.41) is 3.69. The normalized spacial score (nSPS) is 12.8. The molecule has 1 aliphatic rings. The fourth-order valence-corrected chi connectivity index (χ4v) is 4.61. The van der Waals surface area contributed by atoms with Crippen LogP contribution in [0.3, 0.4) is 0 Å². The average molecular weight is 407 g/mol. The van der Waals surface area contributed by atoms with Gasteiger partial charge in [0.15, 0.2) is 0 Å². The predicted molar refractivity (Wildman–Crippen MR) is 115 cm³/mol. The molecule has 0 atom stereocenters. The Morgan fingerprint density at radius 1 is 1.21 bits per heavy atom. The Balaban J connectivity index is 1.66. The molecule has 1 aliphatic carbocycles. The van der Waals surface area contributed by atoms with Crippen molar-refractivity contribution in [3.05, 3.63) is 64.3 Å². The Hall–Kier alpha value is -3.19. The number of fused-ring (bicyclic) bond motifs is 1. The van der Waals surface area contributed by atoms with Crippen molar-refractivity contribution in [2.45, 2.75) is 19.3 Å². The van der Waals surface area contributed by atoms with E-state index in [0.29, 0.717) is 27.8 Å². The monoisotopic (exact) mass is 407 g/mol. The highest BCUT2D eigenvalue weighted by Crippen LogP contribution is 2.41. The van der Waals surface area contributed by atoms with E-state index in [0.717, 1.165) is 30.5 Å². The molecule has 0 unspecified atom stereocenters. The molecule has 0 saturated carbocycles. The van der Waals surface area contributed by atoms with Crippen molar-refractivity contribution >= 4 is 34.1 Å². The first-order valence-corrected chi connectivity index (χ1v) is 10.1. The van der Waals surface area contributed by atoms with Gasteiger partial charge in [0.05, 0.1) is 37.4 Å². The van der Waals surface area contributed by atoms with Gasteiger partial charge in [-0.1, -0.05) is 6.07 Å². The molecule has 0 fully saturated rings.